The molecule has 0 bridgehead atoms. The number of amides is 2. The number of nitrogens with zero attached hydrogens (tertiary/aromatic N) is 1. The van der Waals surface area contributed by atoms with E-state index in [0.29, 0.717) is 13.0 Å². The van der Waals surface area contributed by atoms with Crippen molar-refractivity contribution in [3.05, 3.63) is 0 Å². The smallest absolute Gasteiger partial charge is 0.319 e. The van der Waals surface area contributed by atoms with Crippen molar-refractivity contribution in [3.8, 4) is 0 Å². The van der Waals surface area contributed by atoms with Crippen LogP contribution in [0.5, 0.6) is 0 Å². The van der Waals surface area contributed by atoms with Crippen LogP contribution in [0.25, 0.3) is 0 Å². The van der Waals surface area contributed by atoms with Crippen LogP contribution >= 0.6 is 11.6 Å². The van der Waals surface area contributed by atoms with Gasteiger partial charge in [0.2, 0.25) is 0 Å². The molecule has 1 rings (SSSR count). The summed E-state index contributed by atoms with van der Waals surface area (Å²) in [6.45, 7) is 1.96. The zero-order valence-corrected chi connectivity index (χ0v) is 13.3. The third kappa shape index (κ3) is 4.68. The molecular weight excluding hydrogens is 316 g/mol. The highest BCUT2D eigenvalue weighted by atomic mass is 35.5. The molecule has 0 radical (unpaired) electrons. The molecule has 1 saturated heterocycles. The second kappa shape index (κ2) is 9.49. The van der Waals surface area contributed by atoms with Crippen molar-refractivity contribution in [2.24, 2.45) is 0 Å². The summed E-state index contributed by atoms with van der Waals surface area (Å²) in [7, 11) is 0. The van der Waals surface area contributed by atoms with Crippen molar-refractivity contribution < 1.29 is 30.0 Å². The molecule has 1 unspecified atom stereocenters. The number of unbranched alkanes of at least 4 members (excludes halogenated alkanes) is 1. The molecule has 1 heterocycles. The van der Waals surface area contributed by atoms with Gasteiger partial charge in [-0.3, -0.25) is 4.90 Å². The number of halogens is 1. The molecule has 130 valence electrons. The van der Waals surface area contributed by atoms with Crippen molar-refractivity contribution in [3.63, 3.8) is 0 Å². The Kier molecular flexibility index (Phi) is 8.37. The van der Waals surface area contributed by atoms with Crippen molar-refractivity contribution in [2.45, 2.75) is 50.4 Å². The van der Waals surface area contributed by atoms with Gasteiger partial charge in [0.05, 0.1) is 6.61 Å². The predicted octanol–water partition coefficient (Wildman–Crippen LogP) is -1.16. The number of ether oxygens (including phenoxy) is 1. The lowest BCUT2D eigenvalue weighted by Crippen LogP contribution is -2.65. The van der Waals surface area contributed by atoms with Gasteiger partial charge in [-0.25, -0.2) is 4.79 Å². The molecule has 0 spiro atoms. The average molecular weight is 341 g/mol. The number of nitrogens with one attached hydrogen (secondary N) is 1. The van der Waals surface area contributed by atoms with E-state index < -0.39 is 43.3 Å². The highest BCUT2D eigenvalue weighted by Crippen LogP contribution is 2.24. The van der Waals surface area contributed by atoms with Crippen molar-refractivity contribution in [2.75, 3.05) is 25.6 Å². The fourth-order valence-electron chi connectivity index (χ4n) is 2.27. The summed E-state index contributed by atoms with van der Waals surface area (Å²) in [4.78, 5) is 13.4. The number of carbonyl (C=O) groups is 1. The van der Waals surface area contributed by atoms with E-state index >= 15 is 0 Å². The molecule has 1 fully saturated rings. The average Bonchev–Trinajstić information content (AvgIpc) is 2.52. The normalized spacial score (nSPS) is 31.8. The monoisotopic (exact) mass is 340 g/mol. The van der Waals surface area contributed by atoms with Gasteiger partial charge in [0.15, 0.2) is 6.23 Å². The fourth-order valence-corrected chi connectivity index (χ4v) is 2.36. The van der Waals surface area contributed by atoms with Crippen LogP contribution < -0.4 is 5.32 Å². The maximum absolute atomic E-state index is 12.2. The maximum Gasteiger partial charge on any atom is 0.319 e. The van der Waals surface area contributed by atoms with E-state index in [9.17, 15) is 25.2 Å². The summed E-state index contributed by atoms with van der Waals surface area (Å²) < 4.78 is 5.41. The fraction of sp³-hybridized carbons (Fsp3) is 0.923. The van der Waals surface area contributed by atoms with Gasteiger partial charge < -0.3 is 30.5 Å². The van der Waals surface area contributed by atoms with Gasteiger partial charge in [-0.15, -0.1) is 11.6 Å². The van der Waals surface area contributed by atoms with E-state index in [2.05, 4.69) is 5.32 Å². The first-order valence-electron chi connectivity index (χ1n) is 7.38. The third-order valence-corrected chi connectivity index (χ3v) is 3.75. The molecule has 0 aromatic rings. The molecule has 0 aliphatic carbocycles. The summed E-state index contributed by atoms with van der Waals surface area (Å²) in [6, 6.07) is -0.488. The summed E-state index contributed by atoms with van der Waals surface area (Å²) in [6.07, 6.45) is -5.15. The van der Waals surface area contributed by atoms with Gasteiger partial charge in [-0.05, 0) is 6.42 Å². The molecule has 1 aliphatic rings. The van der Waals surface area contributed by atoms with Crippen molar-refractivity contribution >= 4 is 17.6 Å². The Morgan fingerprint density at radius 1 is 1.27 bits per heavy atom. The molecule has 0 saturated carbocycles. The molecule has 2 amide bonds. The van der Waals surface area contributed by atoms with Crippen LogP contribution in [-0.2, 0) is 4.74 Å². The highest BCUT2D eigenvalue weighted by Gasteiger charge is 2.46. The number of aliphatic hydroxyl groups is 4. The van der Waals surface area contributed by atoms with Gasteiger partial charge in [-0.2, -0.15) is 0 Å². The number of hydrogen-bond donors (Lipinski definition) is 5. The minimum absolute atomic E-state index is 0.238. The van der Waals surface area contributed by atoms with E-state index in [1.54, 1.807) is 0 Å². The quantitative estimate of drug-likeness (QED) is 0.372. The van der Waals surface area contributed by atoms with Crippen molar-refractivity contribution in [1.82, 2.24) is 10.2 Å². The number of carbonyl (C=O) groups excluding carboxylic acids is 1. The molecule has 0 aromatic carbocycles. The third-order valence-electron chi connectivity index (χ3n) is 3.56. The first-order valence-corrected chi connectivity index (χ1v) is 7.92. The van der Waals surface area contributed by atoms with E-state index in [1.165, 1.54) is 4.90 Å². The van der Waals surface area contributed by atoms with Gasteiger partial charge >= 0.3 is 6.03 Å². The van der Waals surface area contributed by atoms with Crippen molar-refractivity contribution in [1.29, 1.82) is 0 Å². The van der Waals surface area contributed by atoms with E-state index in [0.717, 1.165) is 6.42 Å². The molecule has 22 heavy (non-hydrogen) atoms. The largest absolute Gasteiger partial charge is 0.394 e. The SMILES string of the molecule is CCCCN(C(=O)NCCCl)C1O[C@H](CO)[C@@H](O)[C@H](O)[C@H]1O. The number of alkyl halides is 1. The van der Waals surface area contributed by atoms with Gasteiger partial charge in [0.1, 0.15) is 24.4 Å². The molecule has 8 nitrogen and oxygen atoms in total. The molecule has 5 N–H and O–H groups in total. The Morgan fingerprint density at radius 3 is 2.50 bits per heavy atom. The van der Waals surface area contributed by atoms with Crippen LogP contribution in [-0.4, -0.2) is 87.6 Å². The molecule has 0 aromatic heterocycles. The number of hydrogen-bond acceptors (Lipinski definition) is 6. The zero-order valence-electron chi connectivity index (χ0n) is 12.6. The lowest BCUT2D eigenvalue weighted by atomic mass is 9.97. The van der Waals surface area contributed by atoms with Crippen LogP contribution in [0.2, 0.25) is 0 Å². The number of urea groups is 1. The second-order valence-electron chi connectivity index (χ2n) is 5.19. The number of aliphatic hydroxyl groups excluding tert-OH is 4. The first-order chi connectivity index (χ1) is 10.5. The van der Waals surface area contributed by atoms with Crippen LogP contribution in [0.15, 0.2) is 0 Å². The summed E-state index contributed by atoms with van der Waals surface area (Å²) in [5, 5.41) is 41.5. The predicted molar refractivity (Wildman–Crippen MR) is 79.5 cm³/mol. The topological polar surface area (TPSA) is 122 Å². The van der Waals surface area contributed by atoms with Crippen LogP contribution in [0.1, 0.15) is 19.8 Å². The summed E-state index contributed by atoms with van der Waals surface area (Å²) in [5.41, 5.74) is 0. The first kappa shape index (κ1) is 19.4. The maximum atomic E-state index is 12.2. The Hall–Kier alpha value is -0.640. The standard InChI is InChI=1S/C13H25ClN2O6/c1-2-3-6-16(13(21)15-5-4-14)12-11(20)10(19)9(18)8(7-17)22-12/h8-12,17-20H,2-7H2,1H3,(H,15,21)/t8-,9-,10+,11-,12?/m1/s1. The van der Waals surface area contributed by atoms with Crippen LogP contribution in [0, 0.1) is 0 Å². The summed E-state index contributed by atoms with van der Waals surface area (Å²) in [5.74, 6) is 0.238. The van der Waals surface area contributed by atoms with Gasteiger partial charge in [0, 0.05) is 19.0 Å². The Morgan fingerprint density at radius 2 is 1.95 bits per heavy atom. The van der Waals surface area contributed by atoms with Gasteiger partial charge in [-0.1, -0.05) is 13.3 Å². The van der Waals surface area contributed by atoms with Crippen LogP contribution in [0.3, 0.4) is 0 Å². The Balaban J connectivity index is 2.88. The summed E-state index contributed by atoms with van der Waals surface area (Å²) >= 11 is 5.54. The Labute approximate surface area is 134 Å². The zero-order chi connectivity index (χ0) is 16.7. The lowest BCUT2D eigenvalue weighted by molar-refractivity contribution is -0.257. The Bertz CT molecular complexity index is 346. The minimum atomic E-state index is -1.51. The number of rotatable bonds is 7. The lowest BCUT2D eigenvalue weighted by Gasteiger charge is -2.44. The second-order valence-corrected chi connectivity index (χ2v) is 5.57. The van der Waals surface area contributed by atoms with E-state index in [-0.39, 0.29) is 12.4 Å². The van der Waals surface area contributed by atoms with Crippen LogP contribution in [0.4, 0.5) is 4.79 Å². The van der Waals surface area contributed by atoms with E-state index in [1.807, 2.05) is 6.92 Å². The highest BCUT2D eigenvalue weighted by molar-refractivity contribution is 6.18. The van der Waals surface area contributed by atoms with E-state index in [4.69, 9.17) is 16.3 Å². The molecular formula is C13H25ClN2O6. The minimum Gasteiger partial charge on any atom is -0.394 e. The molecule has 1 aliphatic heterocycles. The van der Waals surface area contributed by atoms with Gasteiger partial charge in [0.25, 0.3) is 0 Å². The molecule has 5 atom stereocenters. The molecule has 9 heteroatoms.